The van der Waals surface area contributed by atoms with E-state index in [1.807, 2.05) is 0 Å². The van der Waals surface area contributed by atoms with E-state index in [0.717, 1.165) is 19.1 Å². The first-order valence-corrected chi connectivity index (χ1v) is 18.4. The number of hydrogen-bond acceptors (Lipinski definition) is 10. The van der Waals surface area contributed by atoms with Crippen molar-refractivity contribution in [3.63, 3.8) is 0 Å². The standard InChI is InChI=1S/C33H37Cl2F2N3O9S/c1-44-28-8-6-23(16-27(28)40(50(2,42)43)10-9-39-11-13-45-14-12-39)47-33(41)49-30(17-24-25(34)18-38-19-26(24)35)22-5-7-29(48-32(36)37)31(15-22)46-20-21-3-4-21/h5-8,15-16,18-19,21,30,32H,3-4,9-14,17,20H2,1-2H3/p+1/t30-/m0/s1. The molecule has 2 fully saturated rings. The van der Waals surface area contributed by atoms with Crippen LogP contribution in [0.5, 0.6) is 23.0 Å². The molecule has 1 aliphatic carbocycles. The number of hydrogen-bond donors (Lipinski definition) is 0. The summed E-state index contributed by atoms with van der Waals surface area (Å²) in [5.41, 5.74) is 0.960. The van der Waals surface area contributed by atoms with E-state index in [2.05, 4.69) is 14.6 Å². The van der Waals surface area contributed by atoms with E-state index in [-0.39, 0.29) is 51.7 Å². The van der Waals surface area contributed by atoms with Crippen LogP contribution in [-0.4, -0.2) is 85.4 Å². The van der Waals surface area contributed by atoms with Crippen molar-refractivity contribution in [3.05, 3.63) is 70.0 Å². The van der Waals surface area contributed by atoms with Crippen molar-refractivity contribution in [1.82, 2.24) is 4.90 Å². The molecule has 0 unspecified atom stereocenters. The topological polar surface area (TPSA) is 127 Å². The number of halogens is 4. The fourth-order valence-electron chi connectivity index (χ4n) is 5.29. The zero-order valence-electron chi connectivity index (χ0n) is 27.4. The van der Waals surface area contributed by atoms with E-state index in [0.29, 0.717) is 56.5 Å². The van der Waals surface area contributed by atoms with Gasteiger partial charge in [0.1, 0.15) is 27.6 Å². The molecule has 0 radical (unpaired) electrons. The van der Waals surface area contributed by atoms with Gasteiger partial charge in [-0.2, -0.15) is 8.78 Å². The van der Waals surface area contributed by atoms with Crippen LogP contribution in [0.3, 0.4) is 0 Å². The second-order valence-electron chi connectivity index (χ2n) is 11.8. The first-order valence-electron chi connectivity index (χ1n) is 15.8. The number of sulfonamides is 1. The molecule has 5 rings (SSSR count). The zero-order valence-corrected chi connectivity index (χ0v) is 29.7. The third-order valence-electron chi connectivity index (χ3n) is 8.10. The van der Waals surface area contributed by atoms with Gasteiger partial charge in [0.15, 0.2) is 23.9 Å². The Labute approximate surface area is 299 Å². The summed E-state index contributed by atoms with van der Waals surface area (Å²) in [4.78, 5) is 18.3. The summed E-state index contributed by atoms with van der Waals surface area (Å²) in [6, 6.07) is 8.51. The lowest BCUT2D eigenvalue weighted by Gasteiger charge is -2.30. The lowest BCUT2D eigenvalue weighted by molar-refractivity contribution is -0.377. The highest BCUT2D eigenvalue weighted by Crippen LogP contribution is 2.39. The molecule has 50 heavy (non-hydrogen) atoms. The normalized spacial score (nSPS) is 15.7. The quantitative estimate of drug-likeness (QED) is 0.131. The average molecular weight is 762 g/mol. The van der Waals surface area contributed by atoms with E-state index in [1.165, 1.54) is 60.2 Å². The summed E-state index contributed by atoms with van der Waals surface area (Å²) < 4.78 is 86.2. The Balaban J connectivity index is 1.41. The number of nitrogens with zero attached hydrogens (tertiary/aromatic N) is 2. The van der Waals surface area contributed by atoms with Gasteiger partial charge in [-0.05, 0) is 48.6 Å². The number of H-pyrrole nitrogens is 1. The highest BCUT2D eigenvalue weighted by Gasteiger charge is 2.28. The lowest BCUT2D eigenvalue weighted by atomic mass is 10.0. The van der Waals surface area contributed by atoms with Gasteiger partial charge >= 0.3 is 12.8 Å². The molecule has 1 aliphatic heterocycles. The highest BCUT2D eigenvalue weighted by molar-refractivity contribution is 7.92. The monoisotopic (exact) mass is 760 g/mol. The first-order chi connectivity index (χ1) is 23.9. The Hall–Kier alpha value is -3.63. The number of alkyl halides is 2. The van der Waals surface area contributed by atoms with Gasteiger partial charge in [0, 0.05) is 44.2 Å². The molecule has 1 N–H and O–H groups in total. The van der Waals surface area contributed by atoms with Gasteiger partial charge in [0.2, 0.25) is 10.0 Å². The zero-order chi connectivity index (χ0) is 35.8. The maximum atomic E-state index is 13.4. The Morgan fingerprint density at radius 2 is 1.76 bits per heavy atom. The lowest BCUT2D eigenvalue weighted by Crippen LogP contribution is -2.43. The number of nitrogens with one attached hydrogen (secondary N) is 1. The van der Waals surface area contributed by atoms with Crippen molar-refractivity contribution < 1.29 is 55.4 Å². The average Bonchev–Trinajstić information content (AvgIpc) is 3.90. The van der Waals surface area contributed by atoms with Crippen LogP contribution >= 0.6 is 23.2 Å². The number of carbonyl (C=O) groups excluding carboxylic acids is 1. The summed E-state index contributed by atoms with van der Waals surface area (Å²) in [6.45, 7) is 0.200. The van der Waals surface area contributed by atoms with Crippen LogP contribution in [0.15, 0.2) is 48.8 Å². The highest BCUT2D eigenvalue weighted by atomic mass is 35.5. The molecular weight excluding hydrogens is 723 g/mol. The van der Waals surface area contributed by atoms with Gasteiger partial charge in [-0.1, -0.05) is 29.3 Å². The van der Waals surface area contributed by atoms with Gasteiger partial charge < -0.3 is 28.4 Å². The van der Waals surface area contributed by atoms with E-state index >= 15 is 0 Å². The van der Waals surface area contributed by atoms with E-state index in [9.17, 15) is 22.0 Å². The maximum Gasteiger partial charge on any atom is 0.514 e. The van der Waals surface area contributed by atoms with Crippen LogP contribution < -0.4 is 28.2 Å². The molecule has 2 heterocycles. The third-order valence-corrected chi connectivity index (χ3v) is 9.95. The number of morpholine rings is 1. The number of aromatic nitrogens is 1. The molecule has 0 spiro atoms. The summed E-state index contributed by atoms with van der Waals surface area (Å²) in [7, 11) is -2.39. The van der Waals surface area contributed by atoms with E-state index in [4.69, 9.17) is 46.9 Å². The molecule has 2 aliphatic rings. The molecule has 0 bridgehead atoms. The number of ether oxygens (including phenoxy) is 6. The number of rotatable bonds is 16. The minimum Gasteiger partial charge on any atom is -0.495 e. The molecule has 3 aromatic rings. The summed E-state index contributed by atoms with van der Waals surface area (Å²) in [6.07, 6.45) is 3.75. The fraction of sp³-hybridized carbons (Fsp3) is 0.455. The van der Waals surface area contributed by atoms with Crippen LogP contribution in [0.4, 0.5) is 19.3 Å². The smallest absolute Gasteiger partial charge is 0.495 e. The van der Waals surface area contributed by atoms with Crippen LogP contribution in [0.25, 0.3) is 0 Å². The molecular formula is C33H38Cl2F2N3O9S+. The molecule has 1 saturated carbocycles. The second-order valence-corrected chi connectivity index (χ2v) is 14.5. The van der Waals surface area contributed by atoms with Crippen LogP contribution in [0.2, 0.25) is 10.0 Å². The van der Waals surface area contributed by atoms with Gasteiger partial charge in [0.25, 0.3) is 0 Å². The maximum absolute atomic E-state index is 13.4. The van der Waals surface area contributed by atoms with Crippen molar-refractivity contribution in [2.24, 2.45) is 5.92 Å². The van der Waals surface area contributed by atoms with E-state index in [1.54, 1.807) is 0 Å². The van der Waals surface area contributed by atoms with Crippen molar-refractivity contribution in [2.45, 2.75) is 32.0 Å². The van der Waals surface area contributed by atoms with Gasteiger partial charge in [-0.3, -0.25) is 9.21 Å². The predicted molar refractivity (Wildman–Crippen MR) is 180 cm³/mol. The van der Waals surface area contributed by atoms with Gasteiger partial charge in [0.05, 0.1) is 38.9 Å². The molecule has 1 aromatic heterocycles. The second kappa shape index (κ2) is 17.1. The van der Waals surface area contributed by atoms with Crippen LogP contribution in [0, 0.1) is 5.92 Å². The third kappa shape index (κ3) is 10.4. The minimum atomic E-state index is -3.79. The van der Waals surface area contributed by atoms with Crippen molar-refractivity contribution in [1.29, 1.82) is 0 Å². The number of anilines is 1. The molecule has 272 valence electrons. The molecule has 0 amide bonds. The number of benzene rings is 2. The van der Waals surface area contributed by atoms with Crippen molar-refractivity contribution in [2.75, 3.05) is 63.7 Å². The molecule has 12 nitrogen and oxygen atoms in total. The molecule has 17 heteroatoms. The molecule has 1 saturated heterocycles. The summed E-state index contributed by atoms with van der Waals surface area (Å²) in [5, 5.41) is 0.528. The summed E-state index contributed by atoms with van der Waals surface area (Å²) in [5.74, 6) is 0.402. The molecule has 2 aromatic carbocycles. The SMILES string of the molecule is COc1ccc(OC(=O)O[C@@H](Cc2c(Cl)c[nH+]cc2Cl)c2ccc(OC(F)F)c(OCC3CC3)c2)cc1N(CCN1CCOCC1)S(C)(=O)=O. The predicted octanol–water partition coefficient (Wildman–Crippen LogP) is 5.80. The van der Waals surface area contributed by atoms with Crippen LogP contribution in [0.1, 0.15) is 30.1 Å². The Bertz CT molecular complexity index is 1730. The van der Waals surface area contributed by atoms with Crippen molar-refractivity contribution >= 4 is 45.1 Å². The summed E-state index contributed by atoms with van der Waals surface area (Å²) >= 11 is 12.9. The van der Waals surface area contributed by atoms with Gasteiger partial charge in [-0.15, -0.1) is 0 Å². The van der Waals surface area contributed by atoms with E-state index < -0.39 is 28.9 Å². The van der Waals surface area contributed by atoms with Crippen LogP contribution in [-0.2, 0) is 25.9 Å². The Morgan fingerprint density at radius 1 is 1.06 bits per heavy atom. The Kier molecular flexibility index (Phi) is 12.8. The number of carbonyl (C=O) groups is 1. The Morgan fingerprint density at radius 3 is 2.40 bits per heavy atom. The number of methoxy groups -OCH3 is 1. The van der Waals surface area contributed by atoms with Crippen molar-refractivity contribution in [3.8, 4) is 23.0 Å². The number of aromatic amines is 1. The first kappa shape index (κ1) is 37.6. The molecule has 1 atom stereocenters. The largest absolute Gasteiger partial charge is 0.514 e. The minimum absolute atomic E-state index is 0.0240. The number of pyridine rings is 1. The fourth-order valence-corrected chi connectivity index (χ4v) is 6.74. The van der Waals surface area contributed by atoms with Gasteiger partial charge in [-0.25, -0.2) is 18.2 Å².